The number of phosphoric ester groups is 1. The summed E-state index contributed by atoms with van der Waals surface area (Å²) in [5.41, 5.74) is -0.0349. The second kappa shape index (κ2) is 17.7. The highest BCUT2D eigenvalue weighted by Crippen LogP contribution is 2.57. The van der Waals surface area contributed by atoms with Crippen molar-refractivity contribution in [3.8, 4) is 17.6 Å². The summed E-state index contributed by atoms with van der Waals surface area (Å²) in [6.07, 6.45) is -3.45. The average Bonchev–Trinajstić information content (AvgIpc) is 3.52. The average molecular weight is 713 g/mol. The van der Waals surface area contributed by atoms with Crippen LogP contribution >= 0.6 is 7.82 Å². The number of carbonyl (C=O) groups is 2. The molecule has 3 aromatic rings. The van der Waals surface area contributed by atoms with Crippen molar-refractivity contribution in [1.82, 2.24) is 9.55 Å². The van der Waals surface area contributed by atoms with Crippen molar-refractivity contribution < 1.29 is 51.8 Å². The van der Waals surface area contributed by atoms with Gasteiger partial charge in [0.05, 0.1) is 39.9 Å². The molecule has 266 valence electrons. The maximum absolute atomic E-state index is 14.5. The maximum Gasteiger partial charge on any atom is 0.476 e. The number of aliphatic hydroxyl groups excluding tert-OH is 1. The monoisotopic (exact) mass is 712 g/mol. The van der Waals surface area contributed by atoms with Crippen LogP contribution in [0.15, 0.2) is 72.2 Å². The van der Waals surface area contributed by atoms with E-state index in [4.69, 9.17) is 37.8 Å². The Labute approximate surface area is 287 Å². The van der Waals surface area contributed by atoms with Gasteiger partial charge in [-0.25, -0.2) is 14.2 Å². The fourth-order valence-corrected chi connectivity index (χ4v) is 6.41. The van der Waals surface area contributed by atoms with Gasteiger partial charge in [-0.15, -0.1) is 0 Å². The summed E-state index contributed by atoms with van der Waals surface area (Å²) in [5.74, 6) is -0.0296. The first-order chi connectivity index (χ1) is 24.0. The Bertz CT molecular complexity index is 1790. The summed E-state index contributed by atoms with van der Waals surface area (Å²) in [6, 6.07) is 14.6. The number of hydrogen-bond acceptors (Lipinski definition) is 14. The van der Waals surface area contributed by atoms with E-state index in [2.05, 4.69) is 16.9 Å². The molecule has 0 spiro atoms. The highest BCUT2D eigenvalue weighted by Gasteiger charge is 2.45. The van der Waals surface area contributed by atoms with Gasteiger partial charge >= 0.3 is 19.6 Å². The number of nitrogens with zero attached hydrogens (tertiary/aromatic N) is 3. The number of ketones is 1. The predicted octanol–water partition coefficient (Wildman–Crippen LogP) is 4.65. The number of nitrogens with one attached hydrogen (secondary N) is 1. The third-order valence-electron chi connectivity index (χ3n) is 7.29. The second-order valence-corrected chi connectivity index (χ2v) is 12.3. The molecule has 0 saturated carbocycles. The lowest BCUT2D eigenvalue weighted by Gasteiger charge is -2.27. The van der Waals surface area contributed by atoms with E-state index in [-0.39, 0.29) is 36.4 Å². The molecule has 1 saturated heterocycles. The SMILES string of the molecule is C=CCOC(=O)Nc1nc(=O)n([C@H]2C[C@H](OP(=O)(OCCC#N)OC(C(=O)c3ccccc3)c3cc(OC)cc(OC)c3)[C@@H](CO)O2)cc1C. The van der Waals surface area contributed by atoms with Crippen molar-refractivity contribution >= 4 is 25.5 Å². The summed E-state index contributed by atoms with van der Waals surface area (Å²) in [4.78, 5) is 42.8. The van der Waals surface area contributed by atoms with Gasteiger partial charge in [0.25, 0.3) is 0 Å². The first-order valence-electron chi connectivity index (χ1n) is 15.3. The van der Waals surface area contributed by atoms with E-state index in [0.717, 1.165) is 4.57 Å². The third-order valence-corrected chi connectivity index (χ3v) is 8.79. The molecule has 16 nitrogen and oxygen atoms in total. The lowest BCUT2D eigenvalue weighted by molar-refractivity contribution is -0.0488. The number of hydrogen-bond donors (Lipinski definition) is 2. The normalized spacial score (nSPS) is 18.7. The number of amides is 1. The molecule has 4 rings (SSSR count). The molecule has 5 atom stereocenters. The minimum Gasteiger partial charge on any atom is -0.497 e. The van der Waals surface area contributed by atoms with Crippen molar-refractivity contribution in [3.63, 3.8) is 0 Å². The van der Waals surface area contributed by atoms with Crippen LogP contribution in [0.4, 0.5) is 10.6 Å². The molecule has 2 heterocycles. The van der Waals surface area contributed by atoms with Crippen molar-refractivity contribution in [2.75, 3.05) is 39.4 Å². The van der Waals surface area contributed by atoms with Gasteiger partial charge in [-0.3, -0.25) is 28.2 Å². The van der Waals surface area contributed by atoms with E-state index in [9.17, 15) is 24.1 Å². The zero-order valence-electron chi connectivity index (χ0n) is 27.6. The molecule has 0 aliphatic carbocycles. The standard InChI is InChI=1S/C33H37N4O12P/c1-5-13-45-33(41)36-31-21(2)19-37(32(40)35-31)28-18-26(27(20-38)47-28)48-50(42,46-14-9-12-34)49-30(29(39)22-10-7-6-8-11-22)23-15-24(43-3)17-25(16-23)44-4/h5-8,10-11,15-17,19,26-28,30,38H,1,9,13-14,18,20H2,2-4H3,(H,35,36,40,41)/t26-,27+,28+,30?,50?/m0/s1. The van der Waals surface area contributed by atoms with Crippen LogP contribution in [0.5, 0.6) is 11.5 Å². The number of aromatic nitrogens is 2. The summed E-state index contributed by atoms with van der Waals surface area (Å²) in [5, 5.41) is 21.7. The molecule has 2 unspecified atom stereocenters. The second-order valence-electron chi connectivity index (χ2n) is 10.7. The number of nitriles is 1. The van der Waals surface area contributed by atoms with E-state index >= 15 is 0 Å². The topological polar surface area (TPSA) is 207 Å². The highest BCUT2D eigenvalue weighted by molar-refractivity contribution is 7.48. The van der Waals surface area contributed by atoms with E-state index < -0.39 is 63.1 Å². The van der Waals surface area contributed by atoms with E-state index in [1.807, 2.05) is 6.07 Å². The summed E-state index contributed by atoms with van der Waals surface area (Å²) in [7, 11) is -1.94. The van der Waals surface area contributed by atoms with Gasteiger partial charge in [-0.2, -0.15) is 10.2 Å². The molecular weight excluding hydrogens is 675 g/mol. The Kier molecular flexibility index (Phi) is 13.4. The highest BCUT2D eigenvalue weighted by atomic mass is 31.2. The Morgan fingerprint density at radius 1 is 1.22 bits per heavy atom. The molecule has 1 aliphatic heterocycles. The first kappa shape index (κ1) is 37.9. The Hall–Kier alpha value is -4.88. The van der Waals surface area contributed by atoms with Crippen LogP contribution in [0.1, 0.15) is 46.7 Å². The Morgan fingerprint density at radius 3 is 2.54 bits per heavy atom. The smallest absolute Gasteiger partial charge is 0.476 e. The van der Waals surface area contributed by atoms with Gasteiger partial charge in [0.1, 0.15) is 42.4 Å². The molecule has 1 aromatic heterocycles. The molecule has 50 heavy (non-hydrogen) atoms. The number of ether oxygens (including phenoxy) is 4. The number of Topliss-reactive ketones (excluding diaryl/α,β-unsaturated/α-hetero) is 1. The van der Waals surface area contributed by atoms with Gasteiger partial charge in [0, 0.05) is 29.8 Å². The van der Waals surface area contributed by atoms with Crippen LogP contribution in [0.25, 0.3) is 0 Å². The summed E-state index contributed by atoms with van der Waals surface area (Å²) in [6.45, 7) is 3.97. The van der Waals surface area contributed by atoms with Crippen molar-refractivity contribution in [3.05, 3.63) is 94.6 Å². The number of benzene rings is 2. The van der Waals surface area contributed by atoms with Crippen molar-refractivity contribution in [2.24, 2.45) is 0 Å². The van der Waals surface area contributed by atoms with Gasteiger partial charge < -0.3 is 24.1 Å². The van der Waals surface area contributed by atoms with Gasteiger partial charge in [-0.05, 0) is 24.6 Å². The lowest BCUT2D eigenvalue weighted by Crippen LogP contribution is -2.30. The minimum atomic E-state index is -4.78. The molecule has 0 radical (unpaired) electrons. The largest absolute Gasteiger partial charge is 0.497 e. The van der Waals surface area contributed by atoms with Gasteiger partial charge in [-0.1, -0.05) is 43.0 Å². The zero-order chi connectivity index (χ0) is 36.3. The minimum absolute atomic E-state index is 0.0445. The third kappa shape index (κ3) is 9.63. The number of phosphoric acid groups is 1. The number of aliphatic hydroxyl groups is 1. The number of carbonyl (C=O) groups excluding carboxylic acids is 2. The van der Waals surface area contributed by atoms with E-state index in [1.165, 1.54) is 38.6 Å². The summed E-state index contributed by atoms with van der Waals surface area (Å²) < 4.78 is 54.5. The molecular formula is C33H37N4O12P. The lowest BCUT2D eigenvalue weighted by atomic mass is 9.99. The van der Waals surface area contributed by atoms with Crippen molar-refractivity contribution in [2.45, 2.75) is 44.3 Å². The number of methoxy groups -OCH3 is 2. The number of aryl methyl sites for hydroxylation is 1. The van der Waals surface area contributed by atoms with Crippen LogP contribution < -0.4 is 20.5 Å². The fourth-order valence-electron chi connectivity index (χ4n) is 4.89. The van der Waals surface area contributed by atoms with Crippen LogP contribution in [0.3, 0.4) is 0 Å². The zero-order valence-corrected chi connectivity index (χ0v) is 28.4. The van der Waals surface area contributed by atoms with Crippen LogP contribution in [-0.4, -0.2) is 72.8 Å². The number of anilines is 1. The van der Waals surface area contributed by atoms with Gasteiger partial charge in [0.15, 0.2) is 11.9 Å². The molecule has 2 N–H and O–H groups in total. The number of rotatable bonds is 17. The maximum atomic E-state index is 14.5. The van der Waals surface area contributed by atoms with Crippen molar-refractivity contribution in [1.29, 1.82) is 5.26 Å². The molecule has 1 amide bonds. The Balaban J connectivity index is 1.66. The molecule has 17 heteroatoms. The van der Waals surface area contributed by atoms with Crippen LogP contribution in [0.2, 0.25) is 0 Å². The molecule has 1 fully saturated rings. The van der Waals surface area contributed by atoms with Crippen LogP contribution in [0, 0.1) is 18.3 Å². The molecule has 0 bridgehead atoms. The Morgan fingerprint density at radius 2 is 1.92 bits per heavy atom. The van der Waals surface area contributed by atoms with Gasteiger partial charge in [0.2, 0.25) is 0 Å². The molecule has 2 aromatic carbocycles. The first-order valence-corrected chi connectivity index (χ1v) is 16.7. The summed E-state index contributed by atoms with van der Waals surface area (Å²) >= 11 is 0. The van der Waals surface area contributed by atoms with E-state index in [0.29, 0.717) is 17.1 Å². The van der Waals surface area contributed by atoms with E-state index in [1.54, 1.807) is 43.3 Å². The predicted molar refractivity (Wildman–Crippen MR) is 177 cm³/mol. The fraction of sp³-hybridized carbons (Fsp3) is 0.364. The quantitative estimate of drug-likeness (QED) is 0.0846. The molecule has 1 aliphatic rings. The van der Waals surface area contributed by atoms with Crippen LogP contribution in [-0.2, 0) is 27.6 Å².